The van der Waals surface area contributed by atoms with E-state index >= 15 is 0 Å². The third kappa shape index (κ3) is 5.35. The van der Waals surface area contributed by atoms with Crippen LogP contribution in [0.5, 0.6) is 11.5 Å². The van der Waals surface area contributed by atoms with Crippen molar-refractivity contribution in [3.8, 4) is 22.6 Å². The van der Waals surface area contributed by atoms with Crippen LogP contribution in [-0.2, 0) is 6.61 Å². The van der Waals surface area contributed by atoms with Crippen LogP contribution in [0.1, 0.15) is 56.6 Å². The quantitative estimate of drug-likeness (QED) is 0.360. The van der Waals surface area contributed by atoms with Gasteiger partial charge in [0.05, 0.1) is 6.61 Å². The summed E-state index contributed by atoms with van der Waals surface area (Å²) in [4.78, 5) is 0. The molecule has 0 atom stereocenters. The topological polar surface area (TPSA) is 18.5 Å². The van der Waals surface area contributed by atoms with E-state index in [-0.39, 0.29) is 23.8 Å². The lowest BCUT2D eigenvalue weighted by Crippen LogP contribution is -2.13. The third-order valence-electron chi connectivity index (χ3n) is 6.43. The Morgan fingerprint density at radius 2 is 1.55 bits per heavy atom. The fourth-order valence-corrected chi connectivity index (χ4v) is 4.48. The molecule has 3 aromatic carbocycles. The van der Waals surface area contributed by atoms with Gasteiger partial charge in [0.15, 0.2) is 23.2 Å². The first-order valence-electron chi connectivity index (χ1n) is 11.6. The Kier molecular flexibility index (Phi) is 7.26. The van der Waals surface area contributed by atoms with Crippen molar-refractivity contribution in [1.82, 2.24) is 0 Å². The zero-order valence-electron chi connectivity index (χ0n) is 19.0. The Balaban J connectivity index is 1.43. The van der Waals surface area contributed by atoms with Crippen LogP contribution in [0.25, 0.3) is 11.1 Å². The summed E-state index contributed by atoms with van der Waals surface area (Å²) in [6, 6.07) is 14.9. The van der Waals surface area contributed by atoms with Crippen molar-refractivity contribution in [1.29, 1.82) is 0 Å². The first-order chi connectivity index (χ1) is 16.0. The minimum Gasteiger partial charge on any atom is -0.491 e. The molecule has 1 aliphatic carbocycles. The monoisotopic (exact) mass is 454 g/mol. The highest BCUT2D eigenvalue weighted by Crippen LogP contribution is 2.38. The Morgan fingerprint density at radius 1 is 0.818 bits per heavy atom. The SMILES string of the molecule is CCOc1ccc(COc2ccc(-c3ccc(C4CCC(C)CC4)c(F)c3F)cc2)cc1F. The van der Waals surface area contributed by atoms with Crippen molar-refractivity contribution in [3.05, 3.63) is 83.2 Å². The largest absolute Gasteiger partial charge is 0.491 e. The van der Waals surface area contributed by atoms with Crippen LogP contribution < -0.4 is 9.47 Å². The highest BCUT2D eigenvalue weighted by molar-refractivity contribution is 5.65. The highest BCUT2D eigenvalue weighted by atomic mass is 19.2. The van der Waals surface area contributed by atoms with E-state index in [1.165, 1.54) is 6.07 Å². The Labute approximate surface area is 193 Å². The highest BCUT2D eigenvalue weighted by Gasteiger charge is 2.25. The molecule has 0 N–H and O–H groups in total. The van der Waals surface area contributed by atoms with E-state index in [2.05, 4.69) is 6.92 Å². The van der Waals surface area contributed by atoms with Crippen LogP contribution in [0.2, 0.25) is 0 Å². The zero-order chi connectivity index (χ0) is 23.4. The molecule has 2 nitrogen and oxygen atoms in total. The summed E-state index contributed by atoms with van der Waals surface area (Å²) in [5, 5.41) is 0. The second kappa shape index (κ2) is 10.3. The summed E-state index contributed by atoms with van der Waals surface area (Å²) in [5.41, 5.74) is 1.97. The number of halogens is 3. The van der Waals surface area contributed by atoms with Crippen LogP contribution in [0.15, 0.2) is 54.6 Å². The zero-order valence-corrected chi connectivity index (χ0v) is 19.0. The van der Waals surface area contributed by atoms with Gasteiger partial charge in [0.2, 0.25) is 0 Å². The molecule has 33 heavy (non-hydrogen) atoms. The van der Waals surface area contributed by atoms with Gasteiger partial charge in [0.1, 0.15) is 12.4 Å². The van der Waals surface area contributed by atoms with Crippen LogP contribution in [0, 0.1) is 23.4 Å². The molecular formula is C28H29F3O2. The van der Waals surface area contributed by atoms with Gasteiger partial charge in [-0.3, -0.25) is 0 Å². The van der Waals surface area contributed by atoms with Gasteiger partial charge in [-0.25, -0.2) is 13.2 Å². The van der Waals surface area contributed by atoms with Crippen molar-refractivity contribution < 1.29 is 22.6 Å². The predicted molar refractivity (Wildman–Crippen MR) is 124 cm³/mol. The first-order valence-corrected chi connectivity index (χ1v) is 11.6. The number of rotatable bonds is 7. The van der Waals surface area contributed by atoms with E-state index in [1.807, 2.05) is 0 Å². The predicted octanol–water partition coefficient (Wildman–Crippen LogP) is 8.04. The van der Waals surface area contributed by atoms with E-state index in [0.29, 0.717) is 35.0 Å². The number of hydrogen-bond acceptors (Lipinski definition) is 2. The smallest absolute Gasteiger partial charge is 0.166 e. The van der Waals surface area contributed by atoms with E-state index in [1.54, 1.807) is 55.5 Å². The van der Waals surface area contributed by atoms with Gasteiger partial charge in [0.25, 0.3) is 0 Å². The molecular weight excluding hydrogens is 425 g/mol. The van der Waals surface area contributed by atoms with Crippen LogP contribution >= 0.6 is 0 Å². The average Bonchev–Trinajstić information content (AvgIpc) is 2.82. The Bertz CT molecular complexity index is 1090. The van der Waals surface area contributed by atoms with Gasteiger partial charge in [-0.15, -0.1) is 0 Å². The Hall–Kier alpha value is -2.95. The molecule has 0 heterocycles. The van der Waals surface area contributed by atoms with Crippen LogP contribution in [0.3, 0.4) is 0 Å². The summed E-state index contributed by atoms with van der Waals surface area (Å²) in [7, 11) is 0. The normalized spacial score (nSPS) is 18.2. The van der Waals surface area contributed by atoms with Crippen molar-refractivity contribution in [2.24, 2.45) is 5.92 Å². The third-order valence-corrected chi connectivity index (χ3v) is 6.43. The molecule has 174 valence electrons. The maximum absolute atomic E-state index is 14.9. The summed E-state index contributed by atoms with van der Waals surface area (Å²) >= 11 is 0. The van der Waals surface area contributed by atoms with Crippen LogP contribution in [0.4, 0.5) is 13.2 Å². The van der Waals surface area contributed by atoms with Crippen molar-refractivity contribution in [3.63, 3.8) is 0 Å². The summed E-state index contributed by atoms with van der Waals surface area (Å²) < 4.78 is 54.7. The molecule has 0 unspecified atom stereocenters. The maximum Gasteiger partial charge on any atom is 0.166 e. The lowest BCUT2D eigenvalue weighted by atomic mass is 9.79. The molecule has 0 saturated heterocycles. The van der Waals surface area contributed by atoms with Gasteiger partial charge in [-0.05, 0) is 72.6 Å². The molecule has 0 aliphatic heterocycles. The fraction of sp³-hybridized carbons (Fsp3) is 0.357. The molecule has 0 spiro atoms. The average molecular weight is 455 g/mol. The van der Waals surface area contributed by atoms with Gasteiger partial charge < -0.3 is 9.47 Å². The van der Waals surface area contributed by atoms with E-state index in [4.69, 9.17) is 9.47 Å². The molecule has 0 radical (unpaired) electrons. The molecule has 0 amide bonds. The second-order valence-electron chi connectivity index (χ2n) is 8.80. The molecule has 0 bridgehead atoms. The molecule has 1 aliphatic rings. The molecule has 4 rings (SSSR count). The second-order valence-corrected chi connectivity index (χ2v) is 8.80. The number of benzene rings is 3. The van der Waals surface area contributed by atoms with Crippen molar-refractivity contribution in [2.75, 3.05) is 6.61 Å². The van der Waals surface area contributed by atoms with Crippen molar-refractivity contribution >= 4 is 0 Å². The minimum atomic E-state index is -0.801. The van der Waals surface area contributed by atoms with Crippen LogP contribution in [-0.4, -0.2) is 6.61 Å². The van der Waals surface area contributed by atoms with E-state index in [9.17, 15) is 13.2 Å². The van der Waals surface area contributed by atoms with Gasteiger partial charge in [-0.1, -0.05) is 50.1 Å². The molecule has 3 aromatic rings. The summed E-state index contributed by atoms with van der Waals surface area (Å²) in [6.07, 6.45) is 3.92. The summed E-state index contributed by atoms with van der Waals surface area (Å²) in [5.74, 6) is -0.451. The molecule has 0 aromatic heterocycles. The minimum absolute atomic E-state index is 0.0907. The molecule has 1 fully saturated rings. The van der Waals surface area contributed by atoms with Gasteiger partial charge >= 0.3 is 0 Å². The fourth-order valence-electron chi connectivity index (χ4n) is 4.48. The van der Waals surface area contributed by atoms with Crippen molar-refractivity contribution in [2.45, 2.75) is 52.1 Å². The number of ether oxygens (including phenoxy) is 2. The first kappa shape index (κ1) is 23.2. The van der Waals surface area contributed by atoms with E-state index in [0.717, 1.165) is 25.7 Å². The Morgan fingerprint density at radius 3 is 2.21 bits per heavy atom. The molecule has 5 heteroatoms. The van der Waals surface area contributed by atoms with E-state index < -0.39 is 17.5 Å². The number of hydrogen-bond donors (Lipinski definition) is 0. The lowest BCUT2D eigenvalue weighted by molar-refractivity contribution is 0.302. The maximum atomic E-state index is 14.9. The van der Waals surface area contributed by atoms with Gasteiger partial charge in [0, 0.05) is 5.56 Å². The molecule has 1 saturated carbocycles. The lowest BCUT2D eigenvalue weighted by Gasteiger charge is -2.27. The summed E-state index contributed by atoms with van der Waals surface area (Å²) in [6.45, 7) is 4.58. The standard InChI is InChI=1S/C28H29F3O2/c1-3-32-26-15-6-19(16-25(26)29)17-33-22-11-9-21(10-12-22)24-14-13-23(27(30)28(24)31)20-7-4-18(2)5-8-20/h6,9-16,18,20H,3-5,7-8,17H2,1-2H3. The van der Waals surface area contributed by atoms with Gasteiger partial charge in [-0.2, -0.15) is 0 Å².